The number of benzene rings is 2. The molecule has 0 aliphatic heterocycles. The Hall–Kier alpha value is -3.75. The van der Waals surface area contributed by atoms with Gasteiger partial charge in [-0.25, -0.2) is 9.18 Å². The smallest absolute Gasteiger partial charge is 0.335 e. The molecule has 30 heavy (non-hydrogen) atoms. The van der Waals surface area contributed by atoms with Gasteiger partial charge in [0.05, 0.1) is 5.56 Å². The first-order valence-electron chi connectivity index (χ1n) is 9.09. The third kappa shape index (κ3) is 6.69. The first-order valence-corrected chi connectivity index (χ1v) is 9.09. The highest BCUT2D eigenvalue weighted by Gasteiger charge is 2.25. The van der Waals surface area contributed by atoms with Crippen molar-refractivity contribution in [2.75, 3.05) is 0 Å². The summed E-state index contributed by atoms with van der Waals surface area (Å²) < 4.78 is 13.1. The van der Waals surface area contributed by atoms with Crippen molar-refractivity contribution in [3.05, 3.63) is 71.0 Å². The van der Waals surface area contributed by atoms with Crippen LogP contribution >= 0.6 is 0 Å². The van der Waals surface area contributed by atoms with Crippen molar-refractivity contribution < 1.29 is 28.7 Å². The zero-order chi connectivity index (χ0) is 22.3. The SMILES string of the molecule is CC(=O)N[C@@H](Cc1ccc(F)cc1)C(=O)N[C@@H](Cc1ccc(C(=O)O)cc1)C(N)=O. The molecule has 2 aromatic carbocycles. The van der Waals surface area contributed by atoms with E-state index in [1.54, 1.807) is 0 Å². The molecule has 0 saturated heterocycles. The van der Waals surface area contributed by atoms with Crippen LogP contribution in [-0.2, 0) is 27.2 Å². The largest absolute Gasteiger partial charge is 0.478 e. The van der Waals surface area contributed by atoms with E-state index >= 15 is 0 Å². The molecular formula is C21H22FN3O5. The molecule has 2 rings (SSSR count). The Labute approximate surface area is 172 Å². The molecule has 8 nitrogen and oxygen atoms in total. The van der Waals surface area contributed by atoms with Gasteiger partial charge in [0.2, 0.25) is 17.7 Å². The first kappa shape index (κ1) is 22.5. The molecule has 3 amide bonds. The molecule has 0 aliphatic carbocycles. The maximum Gasteiger partial charge on any atom is 0.335 e. The van der Waals surface area contributed by atoms with E-state index in [1.807, 2.05) is 0 Å². The van der Waals surface area contributed by atoms with E-state index in [2.05, 4.69) is 10.6 Å². The Morgan fingerprint density at radius 2 is 1.40 bits per heavy atom. The van der Waals surface area contributed by atoms with Crippen molar-refractivity contribution in [3.63, 3.8) is 0 Å². The van der Waals surface area contributed by atoms with Crippen molar-refractivity contribution in [2.24, 2.45) is 5.73 Å². The molecule has 2 atom stereocenters. The lowest BCUT2D eigenvalue weighted by atomic mass is 10.0. The average molecular weight is 415 g/mol. The number of carboxylic acids is 1. The highest BCUT2D eigenvalue weighted by atomic mass is 19.1. The Kier molecular flexibility index (Phi) is 7.62. The molecule has 0 bridgehead atoms. The second kappa shape index (κ2) is 10.1. The number of hydrogen-bond donors (Lipinski definition) is 4. The molecular weight excluding hydrogens is 393 g/mol. The highest BCUT2D eigenvalue weighted by molar-refractivity contribution is 5.91. The van der Waals surface area contributed by atoms with Crippen LogP contribution in [0.2, 0.25) is 0 Å². The summed E-state index contributed by atoms with van der Waals surface area (Å²) in [7, 11) is 0. The van der Waals surface area contributed by atoms with Crippen molar-refractivity contribution >= 4 is 23.7 Å². The Balaban J connectivity index is 2.12. The normalized spacial score (nSPS) is 12.5. The third-order valence-corrected chi connectivity index (χ3v) is 4.35. The molecule has 9 heteroatoms. The van der Waals surface area contributed by atoms with Crippen LogP contribution < -0.4 is 16.4 Å². The molecule has 158 valence electrons. The van der Waals surface area contributed by atoms with Crippen LogP contribution in [-0.4, -0.2) is 40.9 Å². The zero-order valence-corrected chi connectivity index (χ0v) is 16.2. The number of nitrogens with one attached hydrogen (secondary N) is 2. The van der Waals surface area contributed by atoms with Gasteiger partial charge in [-0.3, -0.25) is 14.4 Å². The van der Waals surface area contributed by atoms with E-state index in [1.165, 1.54) is 55.5 Å². The lowest BCUT2D eigenvalue weighted by Crippen LogP contribution is -2.54. The number of aromatic carboxylic acids is 1. The average Bonchev–Trinajstić information content (AvgIpc) is 2.68. The summed E-state index contributed by atoms with van der Waals surface area (Å²) in [6, 6.07) is 9.21. The van der Waals surface area contributed by atoms with Crippen LogP contribution in [0, 0.1) is 5.82 Å². The molecule has 0 saturated carbocycles. The molecule has 0 aromatic heterocycles. The molecule has 0 unspecified atom stereocenters. The van der Waals surface area contributed by atoms with E-state index in [4.69, 9.17) is 10.8 Å². The second-order valence-corrected chi connectivity index (χ2v) is 6.75. The fraction of sp³-hybridized carbons (Fsp3) is 0.238. The molecule has 0 aliphatic rings. The van der Waals surface area contributed by atoms with E-state index in [0.717, 1.165) is 0 Å². The van der Waals surface area contributed by atoms with Gasteiger partial charge in [0.1, 0.15) is 17.9 Å². The van der Waals surface area contributed by atoms with Gasteiger partial charge in [-0.1, -0.05) is 24.3 Å². The minimum absolute atomic E-state index is 0.0459. The van der Waals surface area contributed by atoms with Gasteiger partial charge in [-0.2, -0.15) is 0 Å². The fourth-order valence-electron chi connectivity index (χ4n) is 2.83. The topological polar surface area (TPSA) is 139 Å². The number of carbonyl (C=O) groups excluding carboxylic acids is 3. The van der Waals surface area contributed by atoms with Crippen molar-refractivity contribution in [1.29, 1.82) is 0 Å². The lowest BCUT2D eigenvalue weighted by molar-refractivity contribution is -0.130. The minimum Gasteiger partial charge on any atom is -0.478 e. The molecule has 5 N–H and O–H groups in total. The Bertz CT molecular complexity index is 929. The summed E-state index contributed by atoms with van der Waals surface area (Å²) >= 11 is 0. The van der Waals surface area contributed by atoms with E-state index < -0.39 is 41.6 Å². The number of amides is 3. The molecule has 0 spiro atoms. The van der Waals surface area contributed by atoms with Crippen LogP contribution in [0.5, 0.6) is 0 Å². The standard InChI is InChI=1S/C21H22FN3O5/c1-12(26)24-18(11-14-4-8-16(22)9-5-14)20(28)25-17(19(23)27)10-13-2-6-15(7-3-13)21(29)30/h2-9,17-18H,10-11H2,1H3,(H2,23,27)(H,24,26)(H,25,28)(H,29,30)/t17-,18-/m0/s1. The van der Waals surface area contributed by atoms with Crippen molar-refractivity contribution in [1.82, 2.24) is 10.6 Å². The summed E-state index contributed by atoms with van der Waals surface area (Å²) in [6.07, 6.45) is 0.134. The summed E-state index contributed by atoms with van der Waals surface area (Å²) in [5, 5.41) is 14.0. The van der Waals surface area contributed by atoms with E-state index in [9.17, 15) is 23.6 Å². The highest BCUT2D eigenvalue weighted by Crippen LogP contribution is 2.09. The Morgan fingerprint density at radius 1 is 0.900 bits per heavy atom. The maximum atomic E-state index is 13.1. The third-order valence-electron chi connectivity index (χ3n) is 4.35. The van der Waals surface area contributed by atoms with Crippen LogP contribution in [0.3, 0.4) is 0 Å². The van der Waals surface area contributed by atoms with Gasteiger partial charge in [-0.15, -0.1) is 0 Å². The van der Waals surface area contributed by atoms with Crippen LogP contribution in [0.4, 0.5) is 4.39 Å². The van der Waals surface area contributed by atoms with Gasteiger partial charge in [0.25, 0.3) is 0 Å². The number of hydrogen-bond acceptors (Lipinski definition) is 4. The second-order valence-electron chi connectivity index (χ2n) is 6.75. The van der Waals surface area contributed by atoms with Crippen molar-refractivity contribution in [2.45, 2.75) is 31.8 Å². The number of rotatable bonds is 9. The number of primary amides is 1. The summed E-state index contributed by atoms with van der Waals surface area (Å²) in [5.74, 6) is -3.37. The maximum absolute atomic E-state index is 13.1. The summed E-state index contributed by atoms with van der Waals surface area (Å²) in [5.41, 5.74) is 6.70. The summed E-state index contributed by atoms with van der Waals surface area (Å²) in [6.45, 7) is 1.25. The lowest BCUT2D eigenvalue weighted by Gasteiger charge is -2.22. The predicted octanol–water partition coefficient (Wildman–Crippen LogP) is 0.784. The number of carbonyl (C=O) groups is 4. The molecule has 0 heterocycles. The van der Waals surface area contributed by atoms with Crippen LogP contribution in [0.1, 0.15) is 28.4 Å². The van der Waals surface area contributed by atoms with Gasteiger partial charge >= 0.3 is 5.97 Å². The van der Waals surface area contributed by atoms with Gasteiger partial charge in [0, 0.05) is 19.8 Å². The number of halogens is 1. The Morgan fingerprint density at radius 3 is 1.87 bits per heavy atom. The van der Waals surface area contributed by atoms with Gasteiger partial charge < -0.3 is 21.5 Å². The number of carboxylic acid groups (broad SMARTS) is 1. The fourth-order valence-corrected chi connectivity index (χ4v) is 2.83. The van der Waals surface area contributed by atoms with Gasteiger partial charge in [-0.05, 0) is 35.4 Å². The summed E-state index contributed by atoms with van der Waals surface area (Å²) in [4.78, 5) is 47.0. The monoisotopic (exact) mass is 415 g/mol. The quantitative estimate of drug-likeness (QED) is 0.479. The molecule has 2 aromatic rings. The van der Waals surface area contributed by atoms with E-state index in [0.29, 0.717) is 11.1 Å². The van der Waals surface area contributed by atoms with Crippen molar-refractivity contribution in [3.8, 4) is 0 Å². The van der Waals surface area contributed by atoms with Gasteiger partial charge in [0.15, 0.2) is 0 Å². The molecule has 0 radical (unpaired) electrons. The van der Waals surface area contributed by atoms with E-state index in [-0.39, 0.29) is 18.4 Å². The van der Waals surface area contributed by atoms with Crippen LogP contribution in [0.25, 0.3) is 0 Å². The van der Waals surface area contributed by atoms with Crippen LogP contribution in [0.15, 0.2) is 48.5 Å². The number of nitrogens with two attached hydrogens (primary N) is 1. The molecule has 0 fully saturated rings. The first-order chi connectivity index (χ1) is 14.2. The predicted molar refractivity (Wildman–Crippen MR) is 106 cm³/mol. The zero-order valence-electron chi connectivity index (χ0n) is 16.2. The minimum atomic E-state index is -1.08.